The Morgan fingerprint density at radius 3 is 2.83 bits per heavy atom. The molecule has 1 amide bonds. The lowest BCUT2D eigenvalue weighted by atomic mass is 10.1. The summed E-state index contributed by atoms with van der Waals surface area (Å²) in [5, 5.41) is 0. The first-order valence-electron chi connectivity index (χ1n) is 9.16. The second-order valence-corrected chi connectivity index (χ2v) is 6.70. The zero-order valence-electron chi connectivity index (χ0n) is 16.1. The SMILES string of the molecule is COc1ccc(OC)c(-c2nc(C(N)=O)c3[nH]c(=O)n(CC4CCCO4)c3n2)c1. The molecule has 152 valence electrons. The normalized spacial score (nSPS) is 16.3. The molecule has 1 aliphatic heterocycles. The van der Waals surface area contributed by atoms with E-state index >= 15 is 0 Å². The van der Waals surface area contributed by atoms with Crippen LogP contribution in [0.3, 0.4) is 0 Å². The van der Waals surface area contributed by atoms with Crippen LogP contribution in [-0.4, -0.2) is 52.4 Å². The number of rotatable bonds is 6. The minimum atomic E-state index is -0.772. The lowest BCUT2D eigenvalue weighted by molar-refractivity contribution is 0.0970. The third-order valence-corrected chi connectivity index (χ3v) is 4.91. The Bertz CT molecular complexity index is 1130. The molecule has 1 aliphatic rings. The van der Waals surface area contributed by atoms with Crippen LogP contribution in [0.25, 0.3) is 22.6 Å². The van der Waals surface area contributed by atoms with Gasteiger partial charge in [-0.25, -0.2) is 14.8 Å². The maximum absolute atomic E-state index is 12.6. The van der Waals surface area contributed by atoms with Crippen molar-refractivity contribution in [3.05, 3.63) is 34.4 Å². The highest BCUT2D eigenvalue weighted by atomic mass is 16.5. The van der Waals surface area contributed by atoms with Crippen molar-refractivity contribution in [2.24, 2.45) is 5.73 Å². The molecule has 1 saturated heterocycles. The van der Waals surface area contributed by atoms with Gasteiger partial charge in [0.05, 0.1) is 32.4 Å². The zero-order valence-corrected chi connectivity index (χ0v) is 16.1. The Morgan fingerprint density at radius 1 is 1.34 bits per heavy atom. The molecule has 0 bridgehead atoms. The number of fused-ring (bicyclic) bond motifs is 1. The Hall–Kier alpha value is -3.40. The van der Waals surface area contributed by atoms with Gasteiger partial charge in [-0.3, -0.25) is 9.36 Å². The van der Waals surface area contributed by atoms with Crippen LogP contribution in [0.4, 0.5) is 0 Å². The second kappa shape index (κ2) is 7.55. The van der Waals surface area contributed by atoms with E-state index in [1.54, 1.807) is 18.2 Å². The Kier molecular flexibility index (Phi) is 4.93. The van der Waals surface area contributed by atoms with Gasteiger partial charge in [0.25, 0.3) is 5.91 Å². The molecule has 0 aliphatic carbocycles. The van der Waals surface area contributed by atoms with E-state index in [4.69, 9.17) is 19.9 Å². The predicted octanol–water partition coefficient (Wildman–Crippen LogP) is 1.08. The van der Waals surface area contributed by atoms with Crippen molar-refractivity contribution in [3.63, 3.8) is 0 Å². The highest BCUT2D eigenvalue weighted by Crippen LogP contribution is 2.32. The van der Waals surface area contributed by atoms with Gasteiger partial charge in [-0.15, -0.1) is 0 Å². The van der Waals surface area contributed by atoms with Crippen LogP contribution in [-0.2, 0) is 11.3 Å². The monoisotopic (exact) mass is 399 g/mol. The van der Waals surface area contributed by atoms with Gasteiger partial charge in [-0.2, -0.15) is 0 Å². The number of benzene rings is 1. The van der Waals surface area contributed by atoms with Gasteiger partial charge in [0, 0.05) is 6.61 Å². The first kappa shape index (κ1) is 18.9. The molecule has 29 heavy (non-hydrogen) atoms. The highest BCUT2D eigenvalue weighted by molar-refractivity contribution is 6.02. The fraction of sp³-hybridized carbons (Fsp3) is 0.368. The highest BCUT2D eigenvalue weighted by Gasteiger charge is 2.24. The van der Waals surface area contributed by atoms with Crippen molar-refractivity contribution >= 4 is 17.1 Å². The van der Waals surface area contributed by atoms with Crippen molar-refractivity contribution < 1.29 is 19.0 Å². The summed E-state index contributed by atoms with van der Waals surface area (Å²) in [7, 11) is 3.05. The molecule has 2 aromatic heterocycles. The number of carbonyl (C=O) groups excluding carboxylic acids is 1. The number of primary amides is 1. The van der Waals surface area contributed by atoms with Crippen molar-refractivity contribution in [1.29, 1.82) is 0 Å². The second-order valence-electron chi connectivity index (χ2n) is 6.70. The summed E-state index contributed by atoms with van der Waals surface area (Å²) >= 11 is 0. The topological polar surface area (TPSA) is 134 Å². The van der Waals surface area contributed by atoms with Gasteiger partial charge in [-0.1, -0.05) is 0 Å². The van der Waals surface area contributed by atoms with Crippen LogP contribution >= 0.6 is 0 Å². The fourth-order valence-corrected chi connectivity index (χ4v) is 3.48. The predicted molar refractivity (Wildman–Crippen MR) is 104 cm³/mol. The van der Waals surface area contributed by atoms with Crippen LogP contribution in [0, 0.1) is 0 Å². The lowest BCUT2D eigenvalue weighted by Crippen LogP contribution is -2.24. The molecule has 3 aromatic rings. The van der Waals surface area contributed by atoms with Crippen molar-refractivity contribution in [3.8, 4) is 22.9 Å². The van der Waals surface area contributed by atoms with Crippen molar-refractivity contribution in [2.75, 3.05) is 20.8 Å². The Morgan fingerprint density at radius 2 is 2.17 bits per heavy atom. The summed E-state index contributed by atoms with van der Waals surface area (Å²) < 4.78 is 17.8. The number of methoxy groups -OCH3 is 2. The molecule has 1 atom stereocenters. The number of nitrogens with zero attached hydrogens (tertiary/aromatic N) is 3. The molecule has 1 unspecified atom stereocenters. The van der Waals surface area contributed by atoms with E-state index in [9.17, 15) is 9.59 Å². The first-order chi connectivity index (χ1) is 14.0. The Labute approximate surface area is 165 Å². The van der Waals surface area contributed by atoms with Crippen LogP contribution in [0.2, 0.25) is 0 Å². The fourth-order valence-electron chi connectivity index (χ4n) is 3.48. The van der Waals surface area contributed by atoms with E-state index in [1.807, 2.05) is 0 Å². The molecule has 10 heteroatoms. The lowest BCUT2D eigenvalue weighted by Gasteiger charge is -2.12. The van der Waals surface area contributed by atoms with E-state index in [-0.39, 0.29) is 28.8 Å². The average Bonchev–Trinajstić information content (AvgIpc) is 3.35. The maximum atomic E-state index is 12.6. The molecule has 0 saturated carbocycles. The molecule has 3 heterocycles. The maximum Gasteiger partial charge on any atom is 0.327 e. The van der Waals surface area contributed by atoms with Crippen LogP contribution in [0.15, 0.2) is 23.0 Å². The van der Waals surface area contributed by atoms with E-state index in [0.29, 0.717) is 30.2 Å². The van der Waals surface area contributed by atoms with E-state index < -0.39 is 11.6 Å². The van der Waals surface area contributed by atoms with Gasteiger partial charge in [0.1, 0.15) is 17.0 Å². The van der Waals surface area contributed by atoms with Gasteiger partial charge in [0.2, 0.25) is 0 Å². The summed E-state index contributed by atoms with van der Waals surface area (Å²) in [5.74, 6) is 0.480. The van der Waals surface area contributed by atoms with E-state index in [2.05, 4.69) is 15.0 Å². The van der Waals surface area contributed by atoms with E-state index in [1.165, 1.54) is 18.8 Å². The van der Waals surface area contributed by atoms with Crippen molar-refractivity contribution in [2.45, 2.75) is 25.5 Å². The first-order valence-corrected chi connectivity index (χ1v) is 9.16. The number of ether oxygens (including phenoxy) is 3. The third kappa shape index (κ3) is 3.42. The van der Waals surface area contributed by atoms with Crippen molar-refractivity contribution in [1.82, 2.24) is 19.5 Å². The quantitative estimate of drug-likeness (QED) is 0.633. The molecular weight excluding hydrogens is 378 g/mol. The third-order valence-electron chi connectivity index (χ3n) is 4.91. The standard InChI is InChI=1S/C19H21N5O5/c1-27-10-5-6-13(28-2)12(8-10)17-21-14(16(20)25)15-18(23-17)24(19(26)22-15)9-11-4-3-7-29-11/h5-6,8,11H,3-4,7,9H2,1-2H3,(H2,20,25)(H,22,26). The molecule has 4 rings (SSSR count). The summed E-state index contributed by atoms with van der Waals surface area (Å²) in [6.07, 6.45) is 1.70. The molecule has 0 spiro atoms. The number of H-pyrrole nitrogens is 1. The van der Waals surface area contributed by atoms with Gasteiger partial charge in [0.15, 0.2) is 17.2 Å². The zero-order chi connectivity index (χ0) is 20.5. The Balaban J connectivity index is 1.94. The minimum absolute atomic E-state index is 0.0712. The molecule has 10 nitrogen and oxygen atoms in total. The van der Waals surface area contributed by atoms with Crippen LogP contribution in [0.1, 0.15) is 23.3 Å². The van der Waals surface area contributed by atoms with Gasteiger partial charge < -0.3 is 24.9 Å². The number of imidazole rings is 1. The number of nitrogens with two attached hydrogens (primary N) is 1. The summed E-state index contributed by atoms with van der Waals surface area (Å²) in [5.41, 5.74) is 6.06. The van der Waals surface area contributed by atoms with Crippen LogP contribution in [0.5, 0.6) is 11.5 Å². The molecule has 3 N–H and O–H groups in total. The van der Waals surface area contributed by atoms with E-state index in [0.717, 1.165) is 12.8 Å². The molecule has 1 aromatic carbocycles. The number of aromatic nitrogens is 4. The average molecular weight is 399 g/mol. The largest absolute Gasteiger partial charge is 0.497 e. The summed E-state index contributed by atoms with van der Waals surface area (Å²) in [6.45, 7) is 0.984. The van der Waals surface area contributed by atoms with Crippen LogP contribution < -0.4 is 20.9 Å². The molecule has 1 fully saturated rings. The number of nitrogens with one attached hydrogen (secondary N) is 1. The van der Waals surface area contributed by atoms with Gasteiger partial charge >= 0.3 is 5.69 Å². The molecule has 0 radical (unpaired) electrons. The molecular formula is C19H21N5O5. The number of amides is 1. The minimum Gasteiger partial charge on any atom is -0.497 e. The number of carbonyl (C=O) groups is 1. The summed E-state index contributed by atoms with van der Waals surface area (Å²) in [4.78, 5) is 36.1. The smallest absolute Gasteiger partial charge is 0.327 e. The summed E-state index contributed by atoms with van der Waals surface area (Å²) in [6, 6.07) is 5.14. The number of hydrogen-bond acceptors (Lipinski definition) is 7. The number of hydrogen-bond donors (Lipinski definition) is 2. The number of aromatic amines is 1. The van der Waals surface area contributed by atoms with Gasteiger partial charge in [-0.05, 0) is 31.0 Å².